The maximum atomic E-state index is 12.7. The average molecular weight is 393 g/mol. The minimum atomic E-state index is -3.63. The van der Waals surface area contributed by atoms with Crippen LogP contribution >= 0.6 is 11.8 Å². The smallest absolute Gasteiger partial charge is 0.255 e. The molecule has 26 heavy (non-hydrogen) atoms. The number of hydrogen-bond donors (Lipinski definition) is 1. The van der Waals surface area contributed by atoms with Crippen LogP contribution < -0.4 is 5.32 Å². The van der Waals surface area contributed by atoms with Crippen LogP contribution in [0.5, 0.6) is 0 Å². The van der Waals surface area contributed by atoms with Gasteiger partial charge in [0.2, 0.25) is 10.0 Å². The topological polar surface area (TPSA) is 75.7 Å². The number of hydrogen-bond acceptors (Lipinski definition) is 5. The molecule has 1 aliphatic rings. The summed E-state index contributed by atoms with van der Waals surface area (Å²) in [5, 5.41) is 2.79. The fourth-order valence-electron chi connectivity index (χ4n) is 2.61. The second-order valence-electron chi connectivity index (χ2n) is 5.73. The van der Waals surface area contributed by atoms with Gasteiger partial charge in [0, 0.05) is 29.2 Å². The molecule has 3 rings (SSSR count). The number of nitrogens with one attached hydrogen (secondary N) is 1. The van der Waals surface area contributed by atoms with Crippen molar-refractivity contribution in [3.8, 4) is 0 Å². The van der Waals surface area contributed by atoms with Crippen LogP contribution in [0.4, 0.5) is 5.69 Å². The SMILES string of the molecule is CSc1ccc(NC(=O)c2cccc(S(=O)(=O)N3CCOCC3)c2)cc1. The Morgan fingerprint density at radius 1 is 1.12 bits per heavy atom. The summed E-state index contributed by atoms with van der Waals surface area (Å²) >= 11 is 1.62. The van der Waals surface area contributed by atoms with Crippen molar-refractivity contribution in [3.05, 3.63) is 54.1 Å². The summed E-state index contributed by atoms with van der Waals surface area (Å²) in [6.07, 6.45) is 1.98. The van der Waals surface area contributed by atoms with Crippen LogP contribution in [0.3, 0.4) is 0 Å². The maximum Gasteiger partial charge on any atom is 0.255 e. The molecular weight excluding hydrogens is 372 g/mol. The highest BCUT2D eigenvalue weighted by atomic mass is 32.2. The van der Waals surface area contributed by atoms with Crippen LogP contribution in [0, 0.1) is 0 Å². The van der Waals surface area contributed by atoms with Gasteiger partial charge < -0.3 is 10.1 Å². The van der Waals surface area contributed by atoms with Crippen molar-refractivity contribution >= 4 is 33.4 Å². The van der Waals surface area contributed by atoms with Crippen molar-refractivity contribution in [2.75, 3.05) is 37.9 Å². The molecule has 0 spiro atoms. The Morgan fingerprint density at radius 3 is 2.46 bits per heavy atom. The fourth-order valence-corrected chi connectivity index (χ4v) is 4.47. The number of sulfonamides is 1. The van der Waals surface area contributed by atoms with Crippen molar-refractivity contribution in [1.82, 2.24) is 4.31 Å². The Bertz CT molecular complexity index is 876. The molecule has 0 aliphatic carbocycles. The first-order valence-electron chi connectivity index (χ1n) is 8.14. The molecule has 1 fully saturated rings. The maximum absolute atomic E-state index is 12.7. The van der Waals surface area contributed by atoms with E-state index in [9.17, 15) is 13.2 Å². The average Bonchev–Trinajstić information content (AvgIpc) is 2.69. The number of anilines is 1. The molecule has 0 saturated carbocycles. The number of morpholine rings is 1. The third-order valence-corrected chi connectivity index (χ3v) is 6.69. The number of amides is 1. The van der Waals surface area contributed by atoms with E-state index in [1.807, 2.05) is 30.5 Å². The van der Waals surface area contributed by atoms with Gasteiger partial charge in [-0.1, -0.05) is 6.07 Å². The van der Waals surface area contributed by atoms with Crippen molar-refractivity contribution in [3.63, 3.8) is 0 Å². The zero-order valence-corrected chi connectivity index (χ0v) is 16.0. The van der Waals surface area contributed by atoms with Gasteiger partial charge >= 0.3 is 0 Å². The third-order valence-electron chi connectivity index (χ3n) is 4.05. The summed E-state index contributed by atoms with van der Waals surface area (Å²) in [5.41, 5.74) is 0.961. The number of carbonyl (C=O) groups excluding carboxylic acids is 1. The van der Waals surface area contributed by atoms with E-state index < -0.39 is 10.0 Å². The Hall–Kier alpha value is -1.87. The Morgan fingerprint density at radius 2 is 1.81 bits per heavy atom. The molecule has 0 bridgehead atoms. The largest absolute Gasteiger partial charge is 0.379 e. The zero-order chi connectivity index (χ0) is 18.6. The second kappa shape index (κ2) is 8.22. The number of benzene rings is 2. The van der Waals surface area contributed by atoms with E-state index in [2.05, 4.69) is 5.32 Å². The molecule has 1 N–H and O–H groups in total. The second-order valence-corrected chi connectivity index (χ2v) is 8.54. The molecule has 8 heteroatoms. The van der Waals surface area contributed by atoms with Crippen LogP contribution in [0.1, 0.15) is 10.4 Å². The van der Waals surface area contributed by atoms with Gasteiger partial charge in [0.1, 0.15) is 0 Å². The highest BCUT2D eigenvalue weighted by Crippen LogP contribution is 2.20. The molecule has 0 radical (unpaired) electrons. The van der Waals surface area contributed by atoms with E-state index in [-0.39, 0.29) is 10.8 Å². The lowest BCUT2D eigenvalue weighted by Gasteiger charge is -2.26. The van der Waals surface area contributed by atoms with E-state index in [1.54, 1.807) is 23.9 Å². The number of nitrogens with zero attached hydrogens (tertiary/aromatic N) is 1. The third kappa shape index (κ3) is 4.27. The van der Waals surface area contributed by atoms with Gasteiger partial charge in [0.05, 0.1) is 18.1 Å². The molecule has 0 unspecified atom stereocenters. The summed E-state index contributed by atoms with van der Waals surface area (Å²) < 4.78 is 32.0. The van der Waals surface area contributed by atoms with Gasteiger partial charge in [0.15, 0.2) is 0 Å². The normalized spacial score (nSPS) is 15.6. The van der Waals surface area contributed by atoms with Crippen LogP contribution in [-0.2, 0) is 14.8 Å². The van der Waals surface area contributed by atoms with Gasteiger partial charge in [-0.15, -0.1) is 11.8 Å². The summed E-state index contributed by atoms with van der Waals surface area (Å²) in [7, 11) is -3.63. The molecule has 1 aliphatic heterocycles. The molecule has 1 amide bonds. The minimum absolute atomic E-state index is 0.116. The number of rotatable bonds is 5. The van der Waals surface area contributed by atoms with E-state index >= 15 is 0 Å². The van der Waals surface area contributed by atoms with E-state index in [1.165, 1.54) is 16.4 Å². The van der Waals surface area contributed by atoms with Crippen LogP contribution in [0.15, 0.2) is 58.3 Å². The molecule has 1 saturated heterocycles. The van der Waals surface area contributed by atoms with Crippen molar-refractivity contribution in [1.29, 1.82) is 0 Å². The monoisotopic (exact) mass is 392 g/mol. The van der Waals surface area contributed by atoms with Crippen molar-refractivity contribution < 1.29 is 17.9 Å². The quantitative estimate of drug-likeness (QED) is 0.792. The lowest BCUT2D eigenvalue weighted by Crippen LogP contribution is -2.40. The standard InChI is InChI=1S/C18H20N2O4S2/c1-25-16-7-5-15(6-8-16)19-18(21)14-3-2-4-17(13-14)26(22,23)20-9-11-24-12-10-20/h2-8,13H,9-12H2,1H3,(H,19,21). The highest BCUT2D eigenvalue weighted by Gasteiger charge is 2.26. The molecule has 0 aromatic heterocycles. The molecule has 1 heterocycles. The molecular formula is C18H20N2O4S2. The summed E-state index contributed by atoms with van der Waals surface area (Å²) in [6, 6.07) is 13.6. The Labute approximate surface area is 157 Å². The van der Waals surface area contributed by atoms with E-state index in [0.29, 0.717) is 37.6 Å². The van der Waals surface area contributed by atoms with Crippen LogP contribution in [-0.4, -0.2) is 51.2 Å². The first-order valence-corrected chi connectivity index (χ1v) is 10.8. The Kier molecular flexibility index (Phi) is 5.98. The van der Waals surface area contributed by atoms with Crippen LogP contribution in [0.2, 0.25) is 0 Å². The van der Waals surface area contributed by atoms with Crippen molar-refractivity contribution in [2.24, 2.45) is 0 Å². The molecule has 138 valence electrons. The van der Waals surface area contributed by atoms with Crippen molar-refractivity contribution in [2.45, 2.75) is 9.79 Å². The first-order chi connectivity index (χ1) is 12.5. The number of ether oxygens (including phenoxy) is 1. The lowest BCUT2D eigenvalue weighted by atomic mass is 10.2. The minimum Gasteiger partial charge on any atom is -0.379 e. The summed E-state index contributed by atoms with van der Waals surface area (Å²) in [6.45, 7) is 1.40. The lowest BCUT2D eigenvalue weighted by molar-refractivity contribution is 0.0730. The molecule has 0 atom stereocenters. The number of carbonyl (C=O) groups is 1. The molecule has 2 aromatic carbocycles. The predicted molar refractivity (Wildman–Crippen MR) is 102 cm³/mol. The van der Waals surface area contributed by atoms with Gasteiger partial charge in [-0.25, -0.2) is 8.42 Å². The van der Waals surface area contributed by atoms with E-state index in [0.717, 1.165) is 4.90 Å². The molecule has 6 nitrogen and oxygen atoms in total. The fraction of sp³-hybridized carbons (Fsp3) is 0.278. The van der Waals surface area contributed by atoms with Gasteiger partial charge in [0.25, 0.3) is 5.91 Å². The first kappa shape index (κ1) is 18.9. The Balaban J connectivity index is 1.78. The van der Waals surface area contributed by atoms with Gasteiger partial charge in [-0.2, -0.15) is 4.31 Å². The highest BCUT2D eigenvalue weighted by molar-refractivity contribution is 7.98. The van der Waals surface area contributed by atoms with E-state index in [4.69, 9.17) is 4.74 Å². The molecule has 2 aromatic rings. The van der Waals surface area contributed by atoms with Crippen LogP contribution in [0.25, 0.3) is 0 Å². The summed E-state index contributed by atoms with van der Waals surface area (Å²) in [4.78, 5) is 13.7. The predicted octanol–water partition coefficient (Wildman–Crippen LogP) is 2.68. The van der Waals surface area contributed by atoms with Gasteiger partial charge in [-0.3, -0.25) is 4.79 Å². The number of thioether (sulfide) groups is 1. The van der Waals surface area contributed by atoms with Gasteiger partial charge in [-0.05, 0) is 48.7 Å². The summed E-state index contributed by atoms with van der Waals surface area (Å²) in [5.74, 6) is -0.346. The zero-order valence-electron chi connectivity index (χ0n) is 14.3.